The lowest BCUT2D eigenvalue weighted by atomic mass is 10.1. The molecule has 98 valence electrons. The van der Waals surface area contributed by atoms with Crippen molar-refractivity contribution in [1.82, 2.24) is 15.0 Å². The van der Waals surface area contributed by atoms with Crippen LogP contribution in [0, 0.1) is 6.92 Å². The van der Waals surface area contributed by atoms with E-state index in [0.29, 0.717) is 0 Å². The van der Waals surface area contributed by atoms with Gasteiger partial charge in [-0.2, -0.15) is 0 Å². The molecule has 1 saturated heterocycles. The van der Waals surface area contributed by atoms with Crippen LogP contribution in [0.15, 0.2) is 35.4 Å². The van der Waals surface area contributed by atoms with Crippen LogP contribution < -0.4 is 10.3 Å². The predicted octanol–water partition coefficient (Wildman–Crippen LogP) is 1.81. The van der Waals surface area contributed by atoms with E-state index in [1.165, 1.54) is 0 Å². The van der Waals surface area contributed by atoms with Gasteiger partial charge in [0.15, 0.2) is 5.43 Å². The minimum absolute atomic E-state index is 0.0482. The van der Waals surface area contributed by atoms with Gasteiger partial charge in [0.1, 0.15) is 0 Å². The molecule has 1 aliphatic rings. The summed E-state index contributed by atoms with van der Waals surface area (Å²) in [6, 6.07) is 5.26. The van der Waals surface area contributed by atoms with E-state index in [1.807, 2.05) is 13.0 Å². The largest absolute Gasteiger partial charge is 0.361 e. The number of hydrogen-bond donors (Lipinski definition) is 1. The number of aryl methyl sites for hydroxylation is 1. The third-order valence-electron chi connectivity index (χ3n) is 3.42. The number of hydrogen-bond acceptors (Lipinski definition) is 4. The molecule has 5 nitrogen and oxygen atoms in total. The van der Waals surface area contributed by atoms with Gasteiger partial charge in [0, 0.05) is 42.5 Å². The Kier molecular flexibility index (Phi) is 3.03. The molecule has 1 aliphatic heterocycles. The van der Waals surface area contributed by atoms with Crippen LogP contribution in [0.4, 0.5) is 5.95 Å². The summed E-state index contributed by atoms with van der Waals surface area (Å²) in [5.74, 6) is 0.729. The van der Waals surface area contributed by atoms with Crippen LogP contribution in [0.2, 0.25) is 0 Å². The van der Waals surface area contributed by atoms with E-state index in [2.05, 4.69) is 19.9 Å². The Hall–Kier alpha value is -2.17. The second-order valence-corrected chi connectivity index (χ2v) is 4.85. The lowest BCUT2D eigenvalue weighted by molar-refractivity contribution is 0.676. The van der Waals surface area contributed by atoms with E-state index < -0.39 is 0 Å². The van der Waals surface area contributed by atoms with Crippen LogP contribution in [0.3, 0.4) is 0 Å². The molecule has 1 unspecified atom stereocenters. The number of nitrogens with zero attached hydrogens (tertiary/aromatic N) is 3. The zero-order valence-electron chi connectivity index (χ0n) is 10.8. The molecule has 2 aromatic rings. The van der Waals surface area contributed by atoms with Gasteiger partial charge in [-0.15, -0.1) is 0 Å². The molecule has 19 heavy (non-hydrogen) atoms. The van der Waals surface area contributed by atoms with Crippen molar-refractivity contribution in [2.75, 3.05) is 11.4 Å². The summed E-state index contributed by atoms with van der Waals surface area (Å²) in [5, 5.41) is 0. The Balaban J connectivity index is 1.97. The van der Waals surface area contributed by atoms with Crippen molar-refractivity contribution in [3.63, 3.8) is 0 Å². The maximum atomic E-state index is 11.6. The van der Waals surface area contributed by atoms with Crippen LogP contribution >= 0.6 is 0 Å². The lowest BCUT2D eigenvalue weighted by Gasteiger charge is -2.24. The topological polar surface area (TPSA) is 61.9 Å². The van der Waals surface area contributed by atoms with Gasteiger partial charge in [-0.1, -0.05) is 0 Å². The minimum Gasteiger partial charge on any atom is -0.361 e. The fourth-order valence-corrected chi connectivity index (χ4v) is 2.66. The van der Waals surface area contributed by atoms with E-state index in [-0.39, 0.29) is 11.5 Å². The van der Waals surface area contributed by atoms with Crippen molar-refractivity contribution >= 4 is 5.95 Å². The standard InChI is InChI=1S/C14H16N4O/c1-10-8-11(19)9-12(17-10)13-4-2-7-18(13)14-15-5-3-6-16-14/h3,5-6,8-9,13H,2,4,7H2,1H3,(H,17,19). The molecule has 1 N–H and O–H groups in total. The highest BCUT2D eigenvalue weighted by molar-refractivity contribution is 5.36. The average molecular weight is 256 g/mol. The van der Waals surface area contributed by atoms with Crippen molar-refractivity contribution in [3.8, 4) is 0 Å². The van der Waals surface area contributed by atoms with Gasteiger partial charge in [-0.05, 0) is 25.8 Å². The molecule has 0 aromatic carbocycles. The van der Waals surface area contributed by atoms with Crippen LogP contribution in [0.5, 0.6) is 0 Å². The van der Waals surface area contributed by atoms with E-state index in [9.17, 15) is 4.79 Å². The molecule has 3 rings (SSSR count). The monoisotopic (exact) mass is 256 g/mol. The van der Waals surface area contributed by atoms with Crippen molar-refractivity contribution in [2.45, 2.75) is 25.8 Å². The minimum atomic E-state index is 0.0482. The molecular formula is C14H16N4O. The molecule has 2 aromatic heterocycles. The molecule has 0 spiro atoms. The highest BCUT2D eigenvalue weighted by Crippen LogP contribution is 2.32. The SMILES string of the molecule is Cc1cc(=O)cc(C2CCCN2c2ncccn2)[nH]1. The maximum absolute atomic E-state index is 11.6. The maximum Gasteiger partial charge on any atom is 0.225 e. The summed E-state index contributed by atoms with van der Waals surface area (Å²) in [7, 11) is 0. The number of H-pyrrole nitrogens is 1. The van der Waals surface area contributed by atoms with Crippen molar-refractivity contribution in [3.05, 3.63) is 52.2 Å². The van der Waals surface area contributed by atoms with Crippen LogP contribution in [0.1, 0.15) is 30.3 Å². The summed E-state index contributed by atoms with van der Waals surface area (Å²) < 4.78 is 0. The van der Waals surface area contributed by atoms with Gasteiger partial charge in [0.25, 0.3) is 0 Å². The van der Waals surface area contributed by atoms with Crippen LogP contribution in [-0.2, 0) is 0 Å². The van der Waals surface area contributed by atoms with Crippen LogP contribution in [-0.4, -0.2) is 21.5 Å². The summed E-state index contributed by atoms with van der Waals surface area (Å²) >= 11 is 0. The molecule has 0 amide bonds. The van der Waals surface area contributed by atoms with Crippen molar-refractivity contribution < 1.29 is 0 Å². The van der Waals surface area contributed by atoms with E-state index in [0.717, 1.165) is 36.7 Å². The summed E-state index contributed by atoms with van der Waals surface area (Å²) in [6.07, 6.45) is 5.59. The number of nitrogens with one attached hydrogen (secondary N) is 1. The van der Waals surface area contributed by atoms with E-state index in [4.69, 9.17) is 0 Å². The first-order chi connectivity index (χ1) is 9.24. The van der Waals surface area contributed by atoms with Crippen molar-refractivity contribution in [1.29, 1.82) is 0 Å². The third-order valence-corrected chi connectivity index (χ3v) is 3.42. The van der Waals surface area contributed by atoms with Crippen LogP contribution in [0.25, 0.3) is 0 Å². The first-order valence-corrected chi connectivity index (χ1v) is 6.48. The Labute approximate surface area is 111 Å². The molecule has 1 atom stereocenters. The van der Waals surface area contributed by atoms with Gasteiger partial charge >= 0.3 is 0 Å². The Morgan fingerprint density at radius 2 is 2.11 bits per heavy atom. The van der Waals surface area contributed by atoms with E-state index >= 15 is 0 Å². The predicted molar refractivity (Wildman–Crippen MR) is 73.2 cm³/mol. The number of rotatable bonds is 2. The third kappa shape index (κ3) is 2.36. The second-order valence-electron chi connectivity index (χ2n) is 4.85. The summed E-state index contributed by atoms with van der Waals surface area (Å²) in [5.41, 5.74) is 1.89. The van der Waals surface area contributed by atoms with Gasteiger partial charge in [0.2, 0.25) is 5.95 Å². The van der Waals surface area contributed by atoms with Gasteiger partial charge in [0.05, 0.1) is 6.04 Å². The highest BCUT2D eigenvalue weighted by atomic mass is 16.1. The first kappa shape index (κ1) is 11.9. The fraction of sp³-hybridized carbons (Fsp3) is 0.357. The Morgan fingerprint density at radius 1 is 1.32 bits per heavy atom. The lowest BCUT2D eigenvalue weighted by Crippen LogP contribution is -2.26. The smallest absolute Gasteiger partial charge is 0.225 e. The Bertz CT molecular complexity index is 623. The average Bonchev–Trinajstić information content (AvgIpc) is 2.88. The molecule has 0 saturated carbocycles. The molecule has 0 radical (unpaired) electrons. The zero-order chi connectivity index (χ0) is 13.2. The zero-order valence-corrected chi connectivity index (χ0v) is 10.8. The van der Waals surface area contributed by atoms with Gasteiger partial charge in [-0.3, -0.25) is 4.79 Å². The van der Waals surface area contributed by atoms with E-state index in [1.54, 1.807) is 24.5 Å². The molecule has 5 heteroatoms. The molecule has 1 fully saturated rings. The number of aromatic nitrogens is 3. The molecule has 3 heterocycles. The molecule has 0 aliphatic carbocycles. The second kappa shape index (κ2) is 4.84. The highest BCUT2D eigenvalue weighted by Gasteiger charge is 2.28. The normalized spacial score (nSPS) is 18.8. The Morgan fingerprint density at radius 3 is 2.84 bits per heavy atom. The van der Waals surface area contributed by atoms with Crippen molar-refractivity contribution in [2.24, 2.45) is 0 Å². The summed E-state index contributed by atoms with van der Waals surface area (Å²) in [6.45, 7) is 2.83. The fourth-order valence-electron chi connectivity index (χ4n) is 2.66. The number of aromatic amines is 1. The summed E-state index contributed by atoms with van der Waals surface area (Å²) in [4.78, 5) is 25.7. The number of anilines is 1. The number of pyridine rings is 1. The molecule has 0 bridgehead atoms. The van der Waals surface area contributed by atoms with Gasteiger partial charge < -0.3 is 9.88 Å². The first-order valence-electron chi connectivity index (χ1n) is 6.48. The quantitative estimate of drug-likeness (QED) is 0.890. The van der Waals surface area contributed by atoms with Gasteiger partial charge in [-0.25, -0.2) is 9.97 Å². The molecular weight excluding hydrogens is 240 g/mol.